The van der Waals surface area contributed by atoms with Crippen LogP contribution in [0.25, 0.3) is 11.0 Å². The van der Waals surface area contributed by atoms with Gasteiger partial charge in [-0.3, -0.25) is 9.79 Å². The van der Waals surface area contributed by atoms with Crippen LogP contribution in [0.2, 0.25) is 0 Å². The molecule has 31 heavy (non-hydrogen) atoms. The van der Waals surface area contributed by atoms with Crippen molar-refractivity contribution < 1.29 is 4.79 Å². The van der Waals surface area contributed by atoms with Gasteiger partial charge >= 0.3 is 0 Å². The zero-order valence-corrected chi connectivity index (χ0v) is 16.9. The van der Waals surface area contributed by atoms with Crippen molar-refractivity contribution in [2.75, 3.05) is 10.6 Å². The number of para-hydroxylation sites is 3. The number of fused-ring (bicyclic) bond motifs is 4. The average molecular weight is 405 g/mol. The molecule has 2 aromatic heterocycles. The van der Waals surface area contributed by atoms with Crippen molar-refractivity contribution in [2.45, 2.75) is 18.9 Å². The summed E-state index contributed by atoms with van der Waals surface area (Å²) in [7, 11) is 0. The Morgan fingerprint density at radius 3 is 2.68 bits per heavy atom. The Morgan fingerprint density at radius 2 is 1.77 bits per heavy atom. The van der Waals surface area contributed by atoms with E-state index in [0.717, 1.165) is 45.0 Å². The number of hydrogen-bond donors (Lipinski definition) is 2. The normalized spacial score (nSPS) is 19.3. The lowest BCUT2D eigenvalue weighted by atomic mass is 9.84. The fourth-order valence-corrected chi connectivity index (χ4v) is 4.54. The lowest BCUT2D eigenvalue weighted by Gasteiger charge is -2.29. The van der Waals surface area contributed by atoms with Gasteiger partial charge in [-0.05, 0) is 43.3 Å². The van der Waals surface area contributed by atoms with E-state index in [4.69, 9.17) is 9.98 Å². The number of carbonyl (C=O) groups excluding carboxylic acids is 1. The summed E-state index contributed by atoms with van der Waals surface area (Å²) in [6, 6.07) is 21.6. The van der Waals surface area contributed by atoms with Crippen LogP contribution < -0.4 is 10.6 Å². The van der Waals surface area contributed by atoms with Crippen LogP contribution >= 0.6 is 0 Å². The largest absolute Gasteiger partial charge is 0.365 e. The van der Waals surface area contributed by atoms with Gasteiger partial charge in [0.05, 0.1) is 17.1 Å². The van der Waals surface area contributed by atoms with Crippen molar-refractivity contribution in [2.24, 2.45) is 4.99 Å². The quantitative estimate of drug-likeness (QED) is 0.480. The summed E-state index contributed by atoms with van der Waals surface area (Å²) < 4.78 is 0. The minimum Gasteiger partial charge on any atom is -0.365 e. The van der Waals surface area contributed by atoms with Crippen LogP contribution in [0.15, 0.2) is 77.9 Å². The molecule has 4 aromatic rings. The number of hydrogen-bond acceptors (Lipinski definition) is 5. The second-order valence-corrected chi connectivity index (χ2v) is 7.95. The van der Waals surface area contributed by atoms with Crippen LogP contribution in [-0.2, 0) is 10.3 Å². The van der Waals surface area contributed by atoms with E-state index in [9.17, 15) is 4.79 Å². The number of rotatable bonds is 1. The number of pyridine rings is 2. The number of carbonyl (C=O) groups is 1. The van der Waals surface area contributed by atoms with E-state index in [0.29, 0.717) is 12.1 Å². The van der Waals surface area contributed by atoms with Gasteiger partial charge in [-0.25, -0.2) is 9.97 Å². The van der Waals surface area contributed by atoms with E-state index in [1.807, 2.05) is 67.6 Å². The number of amides is 1. The molecule has 1 amide bonds. The maximum Gasteiger partial charge on any atom is 0.255 e. The highest BCUT2D eigenvalue weighted by Crippen LogP contribution is 2.45. The SMILES string of the molecule is Cc1nc2ncccc2cc1C1=Nc2ccccc2NC2(C1)C(=O)Nc1ccccc12. The van der Waals surface area contributed by atoms with Crippen molar-refractivity contribution >= 4 is 39.7 Å². The maximum absolute atomic E-state index is 13.4. The van der Waals surface area contributed by atoms with Crippen molar-refractivity contribution in [3.63, 3.8) is 0 Å². The standard InChI is InChI=1S/C25H19N5O/c1-15-17(13-16-7-6-12-26-23(16)27-15)22-14-25(30-21-11-5-4-10-20(21)28-22)18-8-2-3-9-19(18)29-24(25)31/h2-13,30H,14H2,1H3,(H,29,31). The van der Waals surface area contributed by atoms with Gasteiger partial charge in [-0.2, -0.15) is 0 Å². The first kappa shape index (κ1) is 17.8. The highest BCUT2D eigenvalue weighted by molar-refractivity contribution is 6.15. The lowest BCUT2D eigenvalue weighted by molar-refractivity contribution is -0.119. The van der Waals surface area contributed by atoms with Crippen LogP contribution in [-0.4, -0.2) is 21.6 Å². The first-order chi connectivity index (χ1) is 15.1. The zero-order chi connectivity index (χ0) is 21.0. The van der Waals surface area contributed by atoms with Crippen molar-refractivity contribution in [1.29, 1.82) is 0 Å². The molecular formula is C25H19N5O. The molecule has 1 atom stereocenters. The van der Waals surface area contributed by atoms with Gasteiger partial charge in [0.2, 0.25) is 0 Å². The number of benzene rings is 2. The highest BCUT2D eigenvalue weighted by Gasteiger charge is 2.49. The van der Waals surface area contributed by atoms with E-state index >= 15 is 0 Å². The Kier molecular flexibility index (Phi) is 3.71. The predicted molar refractivity (Wildman–Crippen MR) is 122 cm³/mol. The molecule has 6 rings (SSSR count). The van der Waals surface area contributed by atoms with E-state index in [2.05, 4.69) is 21.7 Å². The van der Waals surface area contributed by atoms with Crippen LogP contribution in [0.1, 0.15) is 23.2 Å². The number of anilines is 2. The first-order valence-electron chi connectivity index (χ1n) is 10.2. The van der Waals surface area contributed by atoms with Gasteiger partial charge in [0.15, 0.2) is 11.2 Å². The summed E-state index contributed by atoms with van der Waals surface area (Å²) >= 11 is 0. The molecule has 0 saturated carbocycles. The molecule has 1 unspecified atom stereocenters. The molecule has 2 aliphatic rings. The van der Waals surface area contributed by atoms with Gasteiger partial charge in [0.25, 0.3) is 5.91 Å². The summed E-state index contributed by atoms with van der Waals surface area (Å²) in [6.45, 7) is 1.96. The molecule has 0 bridgehead atoms. The van der Waals surface area contributed by atoms with Crippen LogP contribution in [0.3, 0.4) is 0 Å². The predicted octanol–water partition coefficient (Wildman–Crippen LogP) is 4.72. The smallest absolute Gasteiger partial charge is 0.255 e. The number of nitrogens with one attached hydrogen (secondary N) is 2. The van der Waals surface area contributed by atoms with Crippen LogP contribution in [0, 0.1) is 6.92 Å². The van der Waals surface area contributed by atoms with Gasteiger partial charge in [-0.1, -0.05) is 30.3 Å². The summed E-state index contributed by atoms with van der Waals surface area (Å²) in [4.78, 5) is 27.5. The van der Waals surface area contributed by atoms with E-state index in [1.165, 1.54) is 0 Å². The second-order valence-electron chi connectivity index (χ2n) is 7.95. The van der Waals surface area contributed by atoms with Crippen LogP contribution in [0.5, 0.6) is 0 Å². The number of aliphatic imine (C=N–C) groups is 1. The zero-order valence-electron chi connectivity index (χ0n) is 16.9. The third-order valence-electron chi connectivity index (χ3n) is 6.05. The van der Waals surface area contributed by atoms with E-state index < -0.39 is 5.54 Å². The molecule has 0 radical (unpaired) electrons. The molecule has 1 spiro atoms. The molecule has 6 heteroatoms. The molecule has 150 valence electrons. The monoisotopic (exact) mass is 405 g/mol. The molecule has 2 N–H and O–H groups in total. The number of aromatic nitrogens is 2. The summed E-state index contributed by atoms with van der Waals surface area (Å²) in [5, 5.41) is 7.53. The summed E-state index contributed by atoms with van der Waals surface area (Å²) in [5.74, 6) is -0.0776. The fourth-order valence-electron chi connectivity index (χ4n) is 4.54. The molecule has 6 nitrogen and oxygen atoms in total. The van der Waals surface area contributed by atoms with Gasteiger partial charge in [-0.15, -0.1) is 0 Å². The molecule has 0 aliphatic carbocycles. The Bertz CT molecular complexity index is 1410. The van der Waals surface area contributed by atoms with Crippen molar-refractivity contribution in [3.05, 3.63) is 89.7 Å². The molecule has 4 heterocycles. The Morgan fingerprint density at radius 1 is 0.968 bits per heavy atom. The lowest BCUT2D eigenvalue weighted by Crippen LogP contribution is -2.43. The Balaban J connectivity index is 1.60. The third kappa shape index (κ3) is 2.65. The molecular weight excluding hydrogens is 386 g/mol. The fraction of sp³-hybridized carbons (Fsp3) is 0.120. The Labute approximate surface area is 179 Å². The maximum atomic E-state index is 13.4. The third-order valence-corrected chi connectivity index (χ3v) is 6.05. The van der Waals surface area contributed by atoms with Gasteiger partial charge in [0.1, 0.15) is 0 Å². The van der Waals surface area contributed by atoms with Crippen LogP contribution in [0.4, 0.5) is 17.1 Å². The Hall–Kier alpha value is -4.06. The van der Waals surface area contributed by atoms with Gasteiger partial charge in [0, 0.05) is 40.5 Å². The number of aryl methyl sites for hydroxylation is 1. The molecule has 0 fully saturated rings. The molecule has 2 aromatic carbocycles. The summed E-state index contributed by atoms with van der Waals surface area (Å²) in [6.07, 6.45) is 2.14. The second kappa shape index (κ2) is 6.47. The minimum atomic E-state index is -0.946. The molecule has 2 aliphatic heterocycles. The van der Waals surface area contributed by atoms with Crippen molar-refractivity contribution in [3.8, 4) is 0 Å². The van der Waals surface area contributed by atoms with Gasteiger partial charge < -0.3 is 10.6 Å². The van der Waals surface area contributed by atoms with Crippen molar-refractivity contribution in [1.82, 2.24) is 9.97 Å². The number of nitrogens with zero attached hydrogens (tertiary/aromatic N) is 3. The van der Waals surface area contributed by atoms with E-state index in [1.54, 1.807) is 6.20 Å². The molecule has 0 saturated heterocycles. The summed E-state index contributed by atoms with van der Waals surface area (Å²) in [5.41, 5.74) is 5.73. The topological polar surface area (TPSA) is 79.3 Å². The average Bonchev–Trinajstić information content (AvgIpc) is 2.93. The highest BCUT2D eigenvalue weighted by atomic mass is 16.2. The van der Waals surface area contributed by atoms with E-state index in [-0.39, 0.29) is 5.91 Å². The first-order valence-corrected chi connectivity index (χ1v) is 10.2. The minimum absolute atomic E-state index is 0.0776.